The van der Waals surface area contributed by atoms with Crippen LogP contribution in [0.4, 0.5) is 5.82 Å². The molecule has 0 amide bonds. The highest BCUT2D eigenvalue weighted by Crippen LogP contribution is 2.26. The Labute approximate surface area is 178 Å². The molecule has 0 bridgehead atoms. The molecule has 4 rings (SSSR count). The molecule has 1 aromatic heterocycles. The summed E-state index contributed by atoms with van der Waals surface area (Å²) in [6, 6.07) is 15.7. The lowest BCUT2D eigenvalue weighted by atomic mass is 10.1. The van der Waals surface area contributed by atoms with Crippen LogP contribution < -0.4 is 4.90 Å². The Hall–Kier alpha value is -2.51. The molecule has 30 heavy (non-hydrogen) atoms. The molecule has 3 aromatic rings. The molecule has 0 spiro atoms. The number of fused-ring (bicyclic) bond motifs is 1. The zero-order valence-corrected chi connectivity index (χ0v) is 18.2. The van der Waals surface area contributed by atoms with Crippen LogP contribution in [0.15, 0.2) is 59.8 Å². The Kier molecular flexibility index (Phi) is 6.29. The van der Waals surface area contributed by atoms with Crippen molar-refractivity contribution in [2.75, 3.05) is 43.9 Å². The van der Waals surface area contributed by atoms with Crippen LogP contribution in [-0.4, -0.2) is 62.3 Å². The summed E-state index contributed by atoms with van der Waals surface area (Å²) in [6.45, 7) is 4.92. The molecular weight excluding hydrogens is 396 g/mol. The lowest BCUT2D eigenvalue weighted by Crippen LogP contribution is -2.32. The second kappa shape index (κ2) is 9.10. The number of rotatable bonds is 6. The van der Waals surface area contributed by atoms with Crippen molar-refractivity contribution in [3.05, 3.63) is 60.4 Å². The SMILES string of the molecule is CS(=O)(=O)c1ccc2ncnc(N3CCCN(CCCc4ccccc4)CC3)c2c1. The Morgan fingerprint density at radius 1 is 0.967 bits per heavy atom. The Balaban J connectivity index is 1.44. The summed E-state index contributed by atoms with van der Waals surface area (Å²) < 4.78 is 24.0. The molecule has 0 aliphatic carbocycles. The van der Waals surface area contributed by atoms with Crippen molar-refractivity contribution in [1.82, 2.24) is 14.9 Å². The fourth-order valence-electron chi connectivity index (χ4n) is 4.06. The maximum atomic E-state index is 12.0. The molecule has 0 radical (unpaired) electrons. The highest BCUT2D eigenvalue weighted by Gasteiger charge is 2.19. The van der Waals surface area contributed by atoms with Crippen molar-refractivity contribution in [3.8, 4) is 0 Å². The van der Waals surface area contributed by atoms with E-state index in [1.165, 1.54) is 11.8 Å². The highest BCUT2D eigenvalue weighted by molar-refractivity contribution is 7.90. The van der Waals surface area contributed by atoms with Gasteiger partial charge in [0.05, 0.1) is 10.4 Å². The summed E-state index contributed by atoms with van der Waals surface area (Å²) in [5, 5.41) is 0.804. The predicted octanol–water partition coefficient (Wildman–Crippen LogP) is 3.18. The van der Waals surface area contributed by atoms with Crippen molar-refractivity contribution in [2.24, 2.45) is 0 Å². The number of aryl methyl sites for hydroxylation is 1. The number of nitrogens with zero attached hydrogens (tertiary/aromatic N) is 4. The minimum Gasteiger partial charge on any atom is -0.355 e. The molecule has 0 saturated carbocycles. The van der Waals surface area contributed by atoms with Crippen LogP contribution in [0.5, 0.6) is 0 Å². The van der Waals surface area contributed by atoms with E-state index < -0.39 is 9.84 Å². The number of hydrogen-bond acceptors (Lipinski definition) is 6. The Morgan fingerprint density at radius 2 is 1.80 bits per heavy atom. The number of aromatic nitrogens is 2. The van der Waals surface area contributed by atoms with E-state index >= 15 is 0 Å². The lowest BCUT2D eigenvalue weighted by Gasteiger charge is -2.23. The van der Waals surface area contributed by atoms with Crippen molar-refractivity contribution in [2.45, 2.75) is 24.2 Å². The lowest BCUT2D eigenvalue weighted by molar-refractivity contribution is 0.290. The largest absolute Gasteiger partial charge is 0.355 e. The molecular formula is C23H28N4O2S. The van der Waals surface area contributed by atoms with Gasteiger partial charge < -0.3 is 9.80 Å². The molecule has 1 saturated heterocycles. The maximum Gasteiger partial charge on any atom is 0.175 e. The van der Waals surface area contributed by atoms with E-state index in [9.17, 15) is 8.42 Å². The quantitative estimate of drug-likeness (QED) is 0.606. The molecule has 2 aromatic carbocycles. The summed E-state index contributed by atoms with van der Waals surface area (Å²) in [7, 11) is -3.27. The van der Waals surface area contributed by atoms with Crippen LogP contribution in [0.1, 0.15) is 18.4 Å². The predicted molar refractivity (Wildman–Crippen MR) is 121 cm³/mol. The number of hydrogen-bond donors (Lipinski definition) is 0. The van der Waals surface area contributed by atoms with Gasteiger partial charge in [-0.2, -0.15) is 0 Å². The first-order valence-electron chi connectivity index (χ1n) is 10.5. The minimum atomic E-state index is -3.27. The average Bonchev–Trinajstić information content (AvgIpc) is 2.99. The van der Waals surface area contributed by atoms with E-state index in [0.29, 0.717) is 4.90 Å². The fourth-order valence-corrected chi connectivity index (χ4v) is 4.71. The summed E-state index contributed by atoms with van der Waals surface area (Å²) in [6.07, 6.45) is 6.11. The van der Waals surface area contributed by atoms with Gasteiger partial charge in [0.1, 0.15) is 12.1 Å². The molecule has 1 fully saturated rings. The molecule has 1 aliphatic heterocycles. The van der Waals surface area contributed by atoms with Crippen molar-refractivity contribution < 1.29 is 8.42 Å². The summed E-state index contributed by atoms with van der Waals surface area (Å²) in [5.74, 6) is 0.830. The number of anilines is 1. The normalized spacial score (nSPS) is 16.0. The molecule has 0 atom stereocenters. The van der Waals surface area contributed by atoms with E-state index in [4.69, 9.17) is 0 Å². The molecule has 2 heterocycles. The maximum absolute atomic E-state index is 12.0. The molecule has 0 N–H and O–H groups in total. The van der Waals surface area contributed by atoms with E-state index in [1.54, 1.807) is 24.5 Å². The first kappa shape index (κ1) is 20.8. The van der Waals surface area contributed by atoms with Crippen LogP contribution in [0, 0.1) is 0 Å². The third kappa shape index (κ3) is 4.96. The van der Waals surface area contributed by atoms with Gasteiger partial charge in [-0.1, -0.05) is 30.3 Å². The Bertz CT molecular complexity index is 1100. The summed E-state index contributed by atoms with van der Waals surface area (Å²) >= 11 is 0. The molecule has 7 heteroatoms. The van der Waals surface area contributed by atoms with Crippen LogP contribution >= 0.6 is 0 Å². The third-order valence-electron chi connectivity index (χ3n) is 5.68. The zero-order valence-electron chi connectivity index (χ0n) is 17.4. The van der Waals surface area contributed by atoms with E-state index in [2.05, 4.69) is 50.1 Å². The first-order valence-corrected chi connectivity index (χ1v) is 12.4. The van der Waals surface area contributed by atoms with Crippen molar-refractivity contribution in [1.29, 1.82) is 0 Å². The van der Waals surface area contributed by atoms with Crippen LogP contribution in [0.2, 0.25) is 0 Å². The monoisotopic (exact) mass is 424 g/mol. The van der Waals surface area contributed by atoms with Gasteiger partial charge in [0.2, 0.25) is 0 Å². The topological polar surface area (TPSA) is 66.4 Å². The van der Waals surface area contributed by atoms with Crippen molar-refractivity contribution in [3.63, 3.8) is 0 Å². The Morgan fingerprint density at radius 3 is 2.60 bits per heavy atom. The summed E-state index contributed by atoms with van der Waals surface area (Å²) in [4.78, 5) is 14.0. The van der Waals surface area contributed by atoms with E-state index in [1.807, 2.05) is 0 Å². The van der Waals surface area contributed by atoms with E-state index in [-0.39, 0.29) is 0 Å². The second-order valence-electron chi connectivity index (χ2n) is 7.92. The standard InChI is InChI=1S/C23H28N4O2S/c1-30(28,29)20-10-11-22-21(17-20)23(25-18-24-22)27-14-6-13-26(15-16-27)12-5-9-19-7-3-2-4-8-19/h2-4,7-8,10-11,17-18H,5-6,9,12-16H2,1H3. The van der Waals surface area contributed by atoms with Crippen molar-refractivity contribution >= 4 is 26.6 Å². The molecule has 1 aliphatic rings. The fraction of sp³-hybridized carbons (Fsp3) is 0.391. The van der Waals surface area contributed by atoms with Crippen LogP contribution in [0.3, 0.4) is 0 Å². The van der Waals surface area contributed by atoms with Gasteiger partial charge >= 0.3 is 0 Å². The smallest absolute Gasteiger partial charge is 0.175 e. The molecule has 6 nitrogen and oxygen atoms in total. The number of sulfone groups is 1. The van der Waals surface area contributed by atoms with Gasteiger partial charge in [0, 0.05) is 31.3 Å². The van der Waals surface area contributed by atoms with Gasteiger partial charge in [0.15, 0.2) is 9.84 Å². The van der Waals surface area contributed by atoms with Gasteiger partial charge in [0.25, 0.3) is 0 Å². The highest BCUT2D eigenvalue weighted by atomic mass is 32.2. The van der Waals surface area contributed by atoms with Gasteiger partial charge in [-0.25, -0.2) is 18.4 Å². The van der Waals surface area contributed by atoms with E-state index in [0.717, 1.165) is 68.7 Å². The first-order chi connectivity index (χ1) is 14.5. The van der Waals surface area contributed by atoms with Crippen LogP contribution in [0.25, 0.3) is 10.9 Å². The van der Waals surface area contributed by atoms with Gasteiger partial charge in [-0.3, -0.25) is 0 Å². The second-order valence-corrected chi connectivity index (χ2v) is 9.94. The molecule has 0 unspecified atom stereocenters. The number of benzene rings is 2. The average molecular weight is 425 g/mol. The van der Waals surface area contributed by atoms with Gasteiger partial charge in [-0.05, 0) is 56.1 Å². The third-order valence-corrected chi connectivity index (χ3v) is 6.79. The zero-order chi connectivity index (χ0) is 21.0. The van der Waals surface area contributed by atoms with Crippen LogP contribution in [-0.2, 0) is 16.3 Å². The minimum absolute atomic E-state index is 0.309. The molecule has 158 valence electrons. The summed E-state index contributed by atoms with van der Waals surface area (Å²) in [5.41, 5.74) is 2.17. The van der Waals surface area contributed by atoms with Gasteiger partial charge in [-0.15, -0.1) is 0 Å².